The molecule has 4 aromatic rings. The Labute approximate surface area is 345 Å². The second-order valence-corrected chi connectivity index (χ2v) is 17.9. The van der Waals surface area contributed by atoms with Crippen LogP contribution in [0.1, 0.15) is 80.5 Å². The number of fused-ring (bicyclic) bond motifs is 9. The van der Waals surface area contributed by atoms with Crippen molar-refractivity contribution in [3.8, 4) is 11.1 Å². The van der Waals surface area contributed by atoms with Crippen LogP contribution in [0.25, 0.3) is 11.1 Å². The fourth-order valence-corrected chi connectivity index (χ4v) is 11.2. The van der Waals surface area contributed by atoms with Gasteiger partial charge in [0.1, 0.15) is 0 Å². The van der Waals surface area contributed by atoms with Gasteiger partial charge in [0, 0.05) is 46.2 Å². The number of allylic oxidation sites excluding steroid dienone is 15. The van der Waals surface area contributed by atoms with Crippen molar-refractivity contribution >= 4 is 17.1 Å². The van der Waals surface area contributed by atoms with Crippen molar-refractivity contribution in [2.45, 2.75) is 76.2 Å². The molecule has 0 bridgehead atoms. The van der Waals surface area contributed by atoms with E-state index in [1.165, 1.54) is 85.0 Å². The molecule has 58 heavy (non-hydrogen) atoms. The van der Waals surface area contributed by atoms with Gasteiger partial charge < -0.3 is 9.80 Å². The molecule has 286 valence electrons. The minimum atomic E-state index is -0.0385. The molecule has 5 atom stereocenters. The second-order valence-electron chi connectivity index (χ2n) is 17.9. The number of benzene rings is 4. The number of anilines is 3. The average Bonchev–Trinajstić information content (AvgIpc) is 3.71. The number of hydrogen-bond donors (Lipinski definition) is 0. The maximum Gasteiger partial charge on any atom is 0.0629 e. The molecule has 0 radical (unpaired) electrons. The number of nitrogens with zero attached hydrogens (tertiary/aromatic N) is 2. The maximum atomic E-state index is 2.63. The van der Waals surface area contributed by atoms with E-state index in [0.717, 1.165) is 25.7 Å². The Morgan fingerprint density at radius 2 is 1.52 bits per heavy atom. The quantitative estimate of drug-likeness (QED) is 0.185. The molecule has 2 nitrogen and oxygen atoms in total. The Balaban J connectivity index is 0.982. The standard InChI is InChI=1S/C56H52N2/c1-4-12-37-19-21-38(22-20-37)39-25-28-43(29-26-39)57(44-30-27-41-24-23-40-13-8-9-16-46(40)49(41)33-44)45-31-32-47-50-36-55-51(35-53(50)56(2,3)52(47)34-45)48-17-10-11-18-54(48)58(55)42-14-6-5-7-15-42/h5-7,10-11,13-32,34-36,47-49,52,54H,4,8-9,12,33H2,1-3H3. The van der Waals surface area contributed by atoms with Crippen LogP contribution >= 0.6 is 0 Å². The zero-order chi connectivity index (χ0) is 39.0. The Hall–Kier alpha value is -5.86. The molecule has 0 saturated carbocycles. The minimum absolute atomic E-state index is 0.0385. The van der Waals surface area contributed by atoms with Gasteiger partial charge in [-0.15, -0.1) is 0 Å². The van der Waals surface area contributed by atoms with E-state index in [1.54, 1.807) is 0 Å². The third kappa shape index (κ3) is 5.67. The lowest BCUT2D eigenvalue weighted by atomic mass is 9.73. The molecule has 1 heterocycles. The SMILES string of the molecule is CCCc1ccc(-c2ccc(N(C3=CC4C(C=C3)c3cc5c(cc3C4(C)C)C3C=CC=CC3N5c3ccccc3)C3=CC=C4C=CC5=CCCC=C5C4C3)cc2)cc1. The Morgan fingerprint density at radius 1 is 0.741 bits per heavy atom. The van der Waals surface area contributed by atoms with Crippen molar-refractivity contribution in [3.63, 3.8) is 0 Å². The summed E-state index contributed by atoms with van der Waals surface area (Å²) in [5.41, 5.74) is 19.2. The fourth-order valence-electron chi connectivity index (χ4n) is 11.2. The summed E-state index contributed by atoms with van der Waals surface area (Å²) in [5.74, 6) is 1.38. The van der Waals surface area contributed by atoms with Crippen LogP contribution < -0.4 is 9.80 Å². The van der Waals surface area contributed by atoms with Gasteiger partial charge in [0.15, 0.2) is 0 Å². The first-order chi connectivity index (χ1) is 28.5. The summed E-state index contributed by atoms with van der Waals surface area (Å²) in [7, 11) is 0. The third-order valence-electron chi connectivity index (χ3n) is 14.2. The Morgan fingerprint density at radius 3 is 2.33 bits per heavy atom. The fraction of sp³-hybridized carbons (Fsp3) is 0.250. The van der Waals surface area contributed by atoms with Crippen molar-refractivity contribution in [1.82, 2.24) is 0 Å². The summed E-state index contributed by atoms with van der Waals surface area (Å²) in [6.45, 7) is 7.23. The molecular formula is C56H52N2. The monoisotopic (exact) mass is 752 g/mol. The topological polar surface area (TPSA) is 6.48 Å². The molecule has 0 spiro atoms. The first kappa shape index (κ1) is 35.3. The van der Waals surface area contributed by atoms with Gasteiger partial charge in [-0.3, -0.25) is 0 Å². The second kappa shape index (κ2) is 13.9. The van der Waals surface area contributed by atoms with Crippen molar-refractivity contribution in [1.29, 1.82) is 0 Å². The van der Waals surface area contributed by atoms with Crippen LogP contribution in [0.5, 0.6) is 0 Å². The summed E-state index contributed by atoms with van der Waals surface area (Å²) in [5, 5.41) is 0. The van der Waals surface area contributed by atoms with E-state index in [2.05, 4.69) is 201 Å². The molecule has 0 N–H and O–H groups in total. The molecule has 2 heteroatoms. The zero-order valence-electron chi connectivity index (χ0n) is 34.0. The summed E-state index contributed by atoms with van der Waals surface area (Å²) in [6, 6.07) is 35.0. The summed E-state index contributed by atoms with van der Waals surface area (Å²) in [4.78, 5) is 5.17. The van der Waals surface area contributed by atoms with E-state index in [4.69, 9.17) is 0 Å². The van der Waals surface area contributed by atoms with E-state index < -0.39 is 0 Å². The van der Waals surface area contributed by atoms with Gasteiger partial charge >= 0.3 is 0 Å². The first-order valence-electron chi connectivity index (χ1n) is 21.7. The molecule has 0 saturated heterocycles. The van der Waals surface area contributed by atoms with Crippen LogP contribution in [0.2, 0.25) is 0 Å². The molecule has 0 aromatic heterocycles. The van der Waals surface area contributed by atoms with Gasteiger partial charge in [-0.1, -0.05) is 155 Å². The smallest absolute Gasteiger partial charge is 0.0629 e. The molecule has 7 aliphatic rings. The van der Waals surface area contributed by atoms with Gasteiger partial charge in [-0.05, 0) is 130 Å². The molecule has 11 rings (SSSR count). The van der Waals surface area contributed by atoms with Gasteiger partial charge in [0.2, 0.25) is 0 Å². The molecule has 0 amide bonds. The van der Waals surface area contributed by atoms with Crippen LogP contribution in [0.15, 0.2) is 198 Å². The molecule has 6 aliphatic carbocycles. The van der Waals surface area contributed by atoms with E-state index in [-0.39, 0.29) is 5.41 Å². The van der Waals surface area contributed by atoms with Crippen molar-refractivity contribution < 1.29 is 0 Å². The molecular weight excluding hydrogens is 701 g/mol. The van der Waals surface area contributed by atoms with Crippen LogP contribution in [-0.4, -0.2) is 6.04 Å². The lowest BCUT2D eigenvalue weighted by Crippen LogP contribution is -2.31. The predicted molar refractivity (Wildman–Crippen MR) is 243 cm³/mol. The largest absolute Gasteiger partial charge is 0.333 e. The number of rotatable bonds is 7. The Bertz CT molecular complexity index is 2580. The molecule has 5 unspecified atom stereocenters. The van der Waals surface area contributed by atoms with E-state index >= 15 is 0 Å². The average molecular weight is 753 g/mol. The molecule has 0 fully saturated rings. The number of aryl methyl sites for hydroxylation is 1. The van der Waals surface area contributed by atoms with Crippen LogP contribution in [0, 0.1) is 11.8 Å². The highest BCUT2D eigenvalue weighted by atomic mass is 15.2. The Kier molecular flexibility index (Phi) is 8.47. The highest BCUT2D eigenvalue weighted by molar-refractivity contribution is 5.78. The van der Waals surface area contributed by atoms with E-state index in [1.807, 2.05) is 0 Å². The summed E-state index contributed by atoms with van der Waals surface area (Å²) >= 11 is 0. The highest BCUT2D eigenvalue weighted by Crippen LogP contribution is 2.58. The predicted octanol–water partition coefficient (Wildman–Crippen LogP) is 14.0. The number of hydrogen-bond acceptors (Lipinski definition) is 2. The summed E-state index contributed by atoms with van der Waals surface area (Å²) < 4.78 is 0. The lowest BCUT2D eigenvalue weighted by Gasteiger charge is -2.39. The maximum absolute atomic E-state index is 2.63. The molecule has 1 aliphatic heterocycles. The van der Waals surface area contributed by atoms with Crippen molar-refractivity contribution in [2.24, 2.45) is 11.8 Å². The summed E-state index contributed by atoms with van der Waals surface area (Å²) in [6.07, 6.45) is 36.8. The lowest BCUT2D eigenvalue weighted by molar-refractivity contribution is 0.392. The van der Waals surface area contributed by atoms with Crippen LogP contribution in [0.4, 0.5) is 17.1 Å². The van der Waals surface area contributed by atoms with Crippen molar-refractivity contribution in [2.75, 3.05) is 9.80 Å². The van der Waals surface area contributed by atoms with Gasteiger partial charge in [0.25, 0.3) is 0 Å². The first-order valence-corrected chi connectivity index (χ1v) is 21.7. The van der Waals surface area contributed by atoms with Gasteiger partial charge in [-0.25, -0.2) is 0 Å². The van der Waals surface area contributed by atoms with Gasteiger partial charge in [0.05, 0.1) is 6.04 Å². The zero-order valence-corrected chi connectivity index (χ0v) is 34.0. The third-order valence-corrected chi connectivity index (χ3v) is 14.2. The number of para-hydroxylation sites is 1. The van der Waals surface area contributed by atoms with E-state index in [9.17, 15) is 0 Å². The van der Waals surface area contributed by atoms with Crippen LogP contribution in [0.3, 0.4) is 0 Å². The van der Waals surface area contributed by atoms with Crippen LogP contribution in [-0.2, 0) is 11.8 Å². The van der Waals surface area contributed by atoms with Gasteiger partial charge in [-0.2, -0.15) is 0 Å². The highest BCUT2D eigenvalue weighted by Gasteiger charge is 2.48. The molecule has 4 aromatic carbocycles. The minimum Gasteiger partial charge on any atom is -0.333 e. The van der Waals surface area contributed by atoms with Crippen molar-refractivity contribution in [3.05, 3.63) is 220 Å². The van der Waals surface area contributed by atoms with E-state index in [0.29, 0.717) is 29.7 Å². The normalized spacial score (nSPS) is 25.3.